The van der Waals surface area contributed by atoms with Gasteiger partial charge < -0.3 is 35.2 Å². The molecule has 0 saturated heterocycles. The van der Waals surface area contributed by atoms with Crippen molar-refractivity contribution in [1.29, 1.82) is 0 Å². The molecule has 0 aliphatic heterocycles. The van der Waals surface area contributed by atoms with Crippen molar-refractivity contribution in [1.82, 2.24) is 10.2 Å². The molecule has 2 unspecified atom stereocenters. The van der Waals surface area contributed by atoms with Gasteiger partial charge in [-0.3, -0.25) is 9.59 Å². The Morgan fingerprint density at radius 1 is 1.00 bits per heavy atom. The van der Waals surface area contributed by atoms with E-state index in [1.807, 2.05) is 6.92 Å². The fraction of sp³-hybridized carbons (Fsp3) is 0.464. The van der Waals surface area contributed by atoms with Crippen LogP contribution in [0.3, 0.4) is 0 Å². The number of alkyl carbamates (subject to hydrolysis) is 1. The Labute approximate surface area is 223 Å². The first-order valence-corrected chi connectivity index (χ1v) is 12.4. The molecule has 0 heterocycles. The van der Waals surface area contributed by atoms with Gasteiger partial charge in [-0.05, 0) is 71.4 Å². The summed E-state index contributed by atoms with van der Waals surface area (Å²) in [5.41, 5.74) is -1.14. The Balaban J connectivity index is 2.57. The Morgan fingerprint density at radius 2 is 1.61 bits per heavy atom. The second kappa shape index (κ2) is 12.6. The molecule has 0 aliphatic rings. The molecule has 4 N–H and O–H groups in total. The summed E-state index contributed by atoms with van der Waals surface area (Å²) < 4.78 is 10.4. The minimum Gasteiger partial charge on any atom is -0.508 e. The number of para-hydroxylation sites is 1. The number of nitrogens with zero attached hydrogens (tertiary/aromatic N) is 1. The Bertz CT molecular complexity index is 1110. The van der Waals surface area contributed by atoms with Gasteiger partial charge in [0.2, 0.25) is 5.91 Å². The lowest BCUT2D eigenvalue weighted by atomic mass is 9.91. The van der Waals surface area contributed by atoms with Gasteiger partial charge in [0.05, 0.1) is 13.7 Å². The van der Waals surface area contributed by atoms with Gasteiger partial charge in [-0.1, -0.05) is 25.1 Å². The number of hydrogen-bond acceptors (Lipinski definition) is 7. The maximum absolute atomic E-state index is 14.0. The van der Waals surface area contributed by atoms with E-state index in [-0.39, 0.29) is 11.3 Å². The largest absolute Gasteiger partial charge is 0.508 e. The lowest BCUT2D eigenvalue weighted by Gasteiger charge is -2.44. The van der Waals surface area contributed by atoms with Crippen LogP contribution in [0.4, 0.5) is 10.5 Å². The standard InChI is InChI=1S/C28H39N3O7/c1-8-28(5,6)31(25(35)21(17-32)30-26(36)38-27(2,3)4)23(20-11-9-10-12-22(20)33)24(34)29-18-13-15-19(37-7)16-14-18/h9-16,21,23,32-33H,8,17H2,1-7H3,(H,29,34)(H,30,36). The third kappa shape index (κ3) is 7.85. The summed E-state index contributed by atoms with van der Waals surface area (Å²) in [6.45, 7) is 9.66. The average molecular weight is 530 g/mol. The predicted octanol–water partition coefficient (Wildman–Crippen LogP) is 3.98. The van der Waals surface area contributed by atoms with E-state index in [9.17, 15) is 24.6 Å². The topological polar surface area (TPSA) is 137 Å². The number of carbonyl (C=O) groups excluding carboxylic acids is 3. The van der Waals surface area contributed by atoms with Gasteiger partial charge in [0.15, 0.2) is 0 Å². The van der Waals surface area contributed by atoms with Crippen LogP contribution >= 0.6 is 0 Å². The number of benzene rings is 2. The highest BCUT2D eigenvalue weighted by Gasteiger charge is 2.44. The van der Waals surface area contributed by atoms with Gasteiger partial charge in [0.25, 0.3) is 5.91 Å². The van der Waals surface area contributed by atoms with Gasteiger partial charge >= 0.3 is 6.09 Å². The highest BCUT2D eigenvalue weighted by molar-refractivity contribution is 5.99. The van der Waals surface area contributed by atoms with Crippen molar-refractivity contribution in [3.8, 4) is 11.5 Å². The molecule has 2 rings (SSSR count). The monoisotopic (exact) mass is 529 g/mol. The van der Waals surface area contributed by atoms with Gasteiger partial charge in [-0.2, -0.15) is 0 Å². The van der Waals surface area contributed by atoms with Crippen LogP contribution in [-0.2, 0) is 14.3 Å². The number of aliphatic hydroxyl groups excluding tert-OH is 1. The van der Waals surface area contributed by atoms with Crippen LogP contribution in [0.25, 0.3) is 0 Å². The third-order valence-electron chi connectivity index (χ3n) is 6.02. The van der Waals surface area contributed by atoms with Gasteiger partial charge in [0, 0.05) is 16.8 Å². The zero-order chi connectivity index (χ0) is 28.7. The predicted molar refractivity (Wildman–Crippen MR) is 144 cm³/mol. The quantitative estimate of drug-likeness (QED) is 0.365. The average Bonchev–Trinajstić information content (AvgIpc) is 2.85. The maximum atomic E-state index is 14.0. The molecular weight excluding hydrogens is 490 g/mol. The van der Waals surface area contributed by atoms with Crippen molar-refractivity contribution in [2.45, 2.75) is 71.2 Å². The summed E-state index contributed by atoms with van der Waals surface area (Å²) in [4.78, 5) is 41.5. The number of methoxy groups -OCH3 is 1. The van der Waals surface area contributed by atoms with Crippen LogP contribution in [0.1, 0.15) is 59.6 Å². The Kier molecular flexibility index (Phi) is 10.1. The van der Waals surface area contributed by atoms with Gasteiger partial charge in [0.1, 0.15) is 29.2 Å². The zero-order valence-electron chi connectivity index (χ0n) is 23.1. The fourth-order valence-electron chi connectivity index (χ4n) is 3.75. The number of aliphatic hydroxyl groups is 1. The SMILES string of the molecule is CCC(C)(C)N(C(=O)C(CO)NC(=O)OC(C)(C)C)C(C(=O)Nc1ccc(OC)cc1)c1ccccc1O. The van der Waals surface area contributed by atoms with Crippen molar-refractivity contribution < 1.29 is 34.1 Å². The Morgan fingerprint density at radius 3 is 2.11 bits per heavy atom. The maximum Gasteiger partial charge on any atom is 0.408 e. The summed E-state index contributed by atoms with van der Waals surface area (Å²) >= 11 is 0. The van der Waals surface area contributed by atoms with E-state index in [4.69, 9.17) is 9.47 Å². The molecule has 2 aromatic carbocycles. The van der Waals surface area contributed by atoms with Crippen LogP contribution in [0.2, 0.25) is 0 Å². The van der Waals surface area contributed by atoms with Crippen molar-refractivity contribution in [3.63, 3.8) is 0 Å². The molecule has 208 valence electrons. The molecule has 0 spiro atoms. The van der Waals surface area contributed by atoms with Crippen LogP contribution in [0.15, 0.2) is 48.5 Å². The Hall–Kier alpha value is -3.79. The fourth-order valence-corrected chi connectivity index (χ4v) is 3.75. The zero-order valence-corrected chi connectivity index (χ0v) is 23.1. The van der Waals surface area contributed by atoms with Crippen molar-refractivity contribution >= 4 is 23.6 Å². The van der Waals surface area contributed by atoms with E-state index in [1.165, 1.54) is 18.1 Å². The van der Waals surface area contributed by atoms with E-state index in [2.05, 4.69) is 10.6 Å². The van der Waals surface area contributed by atoms with Crippen LogP contribution in [0.5, 0.6) is 11.5 Å². The second-order valence-electron chi connectivity index (χ2n) is 10.4. The molecule has 0 bridgehead atoms. The summed E-state index contributed by atoms with van der Waals surface area (Å²) in [7, 11) is 1.53. The number of phenolic OH excluding ortho intramolecular Hbond substituents is 1. The molecule has 0 radical (unpaired) electrons. The number of rotatable bonds is 10. The minimum atomic E-state index is -1.40. The minimum absolute atomic E-state index is 0.183. The summed E-state index contributed by atoms with van der Waals surface area (Å²) in [5.74, 6) is -0.903. The van der Waals surface area contributed by atoms with Crippen LogP contribution in [0, 0.1) is 0 Å². The smallest absolute Gasteiger partial charge is 0.408 e. The summed E-state index contributed by atoms with van der Waals surface area (Å²) in [6.07, 6.45) is -0.468. The first kappa shape index (κ1) is 30.4. The number of aromatic hydroxyl groups is 1. The van der Waals surface area contributed by atoms with Crippen LogP contribution < -0.4 is 15.4 Å². The van der Waals surface area contributed by atoms with Crippen LogP contribution in [-0.4, -0.2) is 63.9 Å². The van der Waals surface area contributed by atoms with E-state index in [0.29, 0.717) is 17.9 Å². The van der Waals surface area contributed by atoms with E-state index >= 15 is 0 Å². The van der Waals surface area contributed by atoms with Crippen molar-refractivity contribution in [2.24, 2.45) is 0 Å². The van der Waals surface area contributed by atoms with Gasteiger partial charge in [-0.15, -0.1) is 0 Å². The highest BCUT2D eigenvalue weighted by atomic mass is 16.6. The first-order valence-electron chi connectivity index (χ1n) is 12.4. The lowest BCUT2D eigenvalue weighted by molar-refractivity contribution is -0.148. The molecule has 3 amide bonds. The number of phenols is 1. The van der Waals surface area contributed by atoms with Crippen molar-refractivity contribution in [3.05, 3.63) is 54.1 Å². The first-order chi connectivity index (χ1) is 17.7. The van der Waals surface area contributed by atoms with Crippen molar-refractivity contribution in [2.75, 3.05) is 19.0 Å². The highest BCUT2D eigenvalue weighted by Crippen LogP contribution is 2.36. The molecule has 0 aliphatic carbocycles. The third-order valence-corrected chi connectivity index (χ3v) is 6.02. The number of anilines is 1. The number of carbonyl (C=O) groups is 3. The molecule has 0 aromatic heterocycles. The van der Waals surface area contributed by atoms with Gasteiger partial charge in [-0.25, -0.2) is 4.79 Å². The van der Waals surface area contributed by atoms with E-state index < -0.39 is 47.7 Å². The molecule has 10 nitrogen and oxygen atoms in total. The normalized spacial score (nSPS) is 13.2. The summed E-state index contributed by atoms with van der Waals surface area (Å²) in [6, 6.07) is 10.2. The second-order valence-corrected chi connectivity index (χ2v) is 10.4. The number of hydrogen-bond donors (Lipinski definition) is 4. The van der Waals surface area contributed by atoms with E-state index in [0.717, 1.165) is 0 Å². The molecule has 38 heavy (non-hydrogen) atoms. The molecule has 10 heteroatoms. The number of amides is 3. The van der Waals surface area contributed by atoms with E-state index in [1.54, 1.807) is 77.1 Å². The molecular formula is C28H39N3O7. The molecule has 2 atom stereocenters. The molecule has 0 fully saturated rings. The lowest BCUT2D eigenvalue weighted by Crippen LogP contribution is -2.59. The molecule has 2 aromatic rings. The summed E-state index contributed by atoms with van der Waals surface area (Å²) in [5, 5.41) is 26.0. The number of ether oxygens (including phenoxy) is 2. The molecule has 0 saturated carbocycles. The number of nitrogens with one attached hydrogen (secondary N) is 2.